The van der Waals surface area contributed by atoms with E-state index in [9.17, 15) is 4.79 Å². The van der Waals surface area contributed by atoms with Crippen molar-refractivity contribution in [3.63, 3.8) is 0 Å². The molecule has 0 saturated carbocycles. The fraction of sp³-hybridized carbons (Fsp3) is 0.409. The summed E-state index contributed by atoms with van der Waals surface area (Å²) in [5, 5.41) is 0. The summed E-state index contributed by atoms with van der Waals surface area (Å²) < 4.78 is 5.69. The Hall–Kier alpha value is -2.33. The zero-order valence-corrected chi connectivity index (χ0v) is 15.7. The maximum absolute atomic E-state index is 13.0. The molecule has 0 aromatic heterocycles. The van der Waals surface area contributed by atoms with Crippen LogP contribution in [-0.4, -0.2) is 49.0 Å². The number of aryl methyl sites for hydroxylation is 1. The predicted molar refractivity (Wildman–Crippen MR) is 104 cm³/mol. The number of nitrogens with zero attached hydrogens (tertiary/aromatic N) is 2. The second-order valence-corrected chi connectivity index (χ2v) is 6.82. The fourth-order valence-corrected chi connectivity index (χ4v) is 3.57. The van der Waals surface area contributed by atoms with Gasteiger partial charge in [0.25, 0.3) is 0 Å². The summed E-state index contributed by atoms with van der Waals surface area (Å²) >= 11 is 0. The zero-order valence-electron chi connectivity index (χ0n) is 15.7. The Balaban J connectivity index is 1.70. The third kappa shape index (κ3) is 4.44. The van der Waals surface area contributed by atoms with Crippen molar-refractivity contribution in [1.29, 1.82) is 0 Å². The molecule has 0 spiro atoms. The lowest BCUT2D eigenvalue weighted by molar-refractivity contribution is -0.136. The second kappa shape index (κ2) is 8.86. The number of likely N-dealkylation sites (N-methyl/N-ethyl adjacent to an activating group) is 1. The van der Waals surface area contributed by atoms with E-state index in [0.717, 1.165) is 30.9 Å². The van der Waals surface area contributed by atoms with Crippen molar-refractivity contribution in [2.24, 2.45) is 0 Å². The molecule has 0 radical (unpaired) electrons. The molecule has 0 N–H and O–H groups in total. The average molecular weight is 352 g/mol. The lowest BCUT2D eigenvalue weighted by Crippen LogP contribution is -2.49. The largest absolute Gasteiger partial charge is 0.494 e. The quantitative estimate of drug-likeness (QED) is 0.797. The zero-order chi connectivity index (χ0) is 18.4. The number of piperazine rings is 1. The fourth-order valence-electron chi connectivity index (χ4n) is 3.57. The summed E-state index contributed by atoms with van der Waals surface area (Å²) in [6.07, 6.45) is 1.22. The molecule has 4 heteroatoms. The summed E-state index contributed by atoms with van der Waals surface area (Å²) in [7, 11) is 2.12. The van der Waals surface area contributed by atoms with Crippen LogP contribution in [0.1, 0.15) is 30.5 Å². The minimum atomic E-state index is 0.129. The number of ether oxygens (including phenoxy) is 1. The van der Waals surface area contributed by atoms with Crippen LogP contribution in [0.3, 0.4) is 0 Å². The normalized spacial score (nSPS) is 17.9. The smallest absolute Gasteiger partial charge is 0.223 e. The van der Waals surface area contributed by atoms with E-state index in [1.807, 2.05) is 43.3 Å². The molecule has 1 heterocycles. The molecule has 1 atom stereocenters. The van der Waals surface area contributed by atoms with E-state index in [-0.39, 0.29) is 11.9 Å². The van der Waals surface area contributed by atoms with Gasteiger partial charge in [0, 0.05) is 26.1 Å². The van der Waals surface area contributed by atoms with Gasteiger partial charge in [-0.2, -0.15) is 0 Å². The molecular formula is C22H28N2O2. The topological polar surface area (TPSA) is 32.8 Å². The molecule has 4 nitrogen and oxygen atoms in total. The summed E-state index contributed by atoms with van der Waals surface area (Å²) in [6, 6.07) is 18.5. The van der Waals surface area contributed by atoms with Crippen LogP contribution in [-0.2, 0) is 11.2 Å². The Morgan fingerprint density at radius 1 is 1.08 bits per heavy atom. The Bertz CT molecular complexity index is 717. The van der Waals surface area contributed by atoms with Crippen LogP contribution in [0.15, 0.2) is 54.6 Å². The van der Waals surface area contributed by atoms with Crippen molar-refractivity contribution in [3.8, 4) is 5.75 Å². The Kier molecular flexibility index (Phi) is 6.29. The standard InChI is InChI=1S/C22H28N2O2/c1-3-26-21-12-8-7-11-19(21)13-14-22(25)24-16-15-23(2)17-20(24)18-9-5-4-6-10-18/h4-12,20H,3,13-17H2,1-2H3. The monoisotopic (exact) mass is 352 g/mol. The Morgan fingerprint density at radius 2 is 1.81 bits per heavy atom. The van der Waals surface area contributed by atoms with Crippen LogP contribution in [0, 0.1) is 0 Å². The van der Waals surface area contributed by atoms with Gasteiger partial charge in [0.15, 0.2) is 0 Å². The maximum atomic E-state index is 13.0. The molecule has 1 fully saturated rings. The molecule has 1 amide bonds. The maximum Gasteiger partial charge on any atom is 0.223 e. The van der Waals surface area contributed by atoms with E-state index in [0.29, 0.717) is 19.4 Å². The van der Waals surface area contributed by atoms with Gasteiger partial charge in [-0.25, -0.2) is 0 Å². The first kappa shape index (κ1) is 18.5. The minimum absolute atomic E-state index is 0.129. The molecular weight excluding hydrogens is 324 g/mol. The van der Waals surface area contributed by atoms with Gasteiger partial charge in [0.1, 0.15) is 5.75 Å². The van der Waals surface area contributed by atoms with E-state index in [2.05, 4.69) is 35.0 Å². The third-order valence-electron chi connectivity index (χ3n) is 4.97. The molecule has 138 valence electrons. The van der Waals surface area contributed by atoms with Crippen LogP contribution < -0.4 is 4.74 Å². The molecule has 0 aliphatic carbocycles. The second-order valence-electron chi connectivity index (χ2n) is 6.82. The van der Waals surface area contributed by atoms with E-state index >= 15 is 0 Å². The van der Waals surface area contributed by atoms with Crippen molar-refractivity contribution in [2.45, 2.75) is 25.8 Å². The minimum Gasteiger partial charge on any atom is -0.494 e. The number of rotatable bonds is 6. The molecule has 0 bridgehead atoms. The van der Waals surface area contributed by atoms with Crippen LogP contribution in [0.2, 0.25) is 0 Å². The van der Waals surface area contributed by atoms with Crippen molar-refractivity contribution >= 4 is 5.91 Å². The highest BCUT2D eigenvalue weighted by atomic mass is 16.5. The van der Waals surface area contributed by atoms with Gasteiger partial charge in [-0.05, 0) is 37.6 Å². The van der Waals surface area contributed by atoms with Gasteiger partial charge < -0.3 is 14.5 Å². The highest BCUT2D eigenvalue weighted by Gasteiger charge is 2.29. The number of hydrogen-bond donors (Lipinski definition) is 0. The van der Waals surface area contributed by atoms with Crippen molar-refractivity contribution in [2.75, 3.05) is 33.3 Å². The van der Waals surface area contributed by atoms with Crippen LogP contribution in [0.5, 0.6) is 5.75 Å². The van der Waals surface area contributed by atoms with Crippen molar-refractivity contribution in [3.05, 3.63) is 65.7 Å². The van der Waals surface area contributed by atoms with Crippen LogP contribution >= 0.6 is 0 Å². The van der Waals surface area contributed by atoms with E-state index in [4.69, 9.17) is 4.74 Å². The summed E-state index contributed by atoms with van der Waals surface area (Å²) in [6.45, 7) is 5.20. The molecule has 1 unspecified atom stereocenters. The molecule has 2 aromatic carbocycles. The van der Waals surface area contributed by atoms with Gasteiger partial charge in [0.05, 0.1) is 12.6 Å². The first-order chi connectivity index (χ1) is 12.7. The van der Waals surface area contributed by atoms with Crippen molar-refractivity contribution < 1.29 is 9.53 Å². The summed E-state index contributed by atoms with van der Waals surface area (Å²) in [5.41, 5.74) is 2.32. The van der Waals surface area contributed by atoms with E-state index < -0.39 is 0 Å². The Labute approximate surface area is 156 Å². The third-order valence-corrected chi connectivity index (χ3v) is 4.97. The number of benzene rings is 2. The SMILES string of the molecule is CCOc1ccccc1CCC(=O)N1CCN(C)CC1c1ccccc1. The number of carbonyl (C=O) groups excluding carboxylic acids is 1. The number of hydrogen-bond acceptors (Lipinski definition) is 3. The van der Waals surface area contributed by atoms with Gasteiger partial charge in [-0.1, -0.05) is 48.5 Å². The highest BCUT2D eigenvalue weighted by Crippen LogP contribution is 2.26. The first-order valence-corrected chi connectivity index (χ1v) is 9.42. The molecule has 1 aliphatic heterocycles. The average Bonchev–Trinajstić information content (AvgIpc) is 2.68. The van der Waals surface area contributed by atoms with Gasteiger partial charge in [-0.3, -0.25) is 4.79 Å². The van der Waals surface area contributed by atoms with E-state index in [1.165, 1.54) is 5.56 Å². The summed E-state index contributed by atoms with van der Waals surface area (Å²) in [5.74, 6) is 1.11. The molecule has 1 saturated heterocycles. The Morgan fingerprint density at radius 3 is 2.58 bits per heavy atom. The molecule has 1 aliphatic rings. The van der Waals surface area contributed by atoms with Crippen molar-refractivity contribution in [1.82, 2.24) is 9.80 Å². The van der Waals surface area contributed by atoms with Gasteiger partial charge >= 0.3 is 0 Å². The van der Waals surface area contributed by atoms with Crippen LogP contribution in [0.25, 0.3) is 0 Å². The highest BCUT2D eigenvalue weighted by molar-refractivity contribution is 5.77. The van der Waals surface area contributed by atoms with Gasteiger partial charge in [0.2, 0.25) is 5.91 Å². The lowest BCUT2D eigenvalue weighted by Gasteiger charge is -2.40. The molecule has 2 aromatic rings. The first-order valence-electron chi connectivity index (χ1n) is 9.42. The van der Waals surface area contributed by atoms with Gasteiger partial charge in [-0.15, -0.1) is 0 Å². The summed E-state index contributed by atoms with van der Waals surface area (Å²) in [4.78, 5) is 17.3. The molecule has 3 rings (SSSR count). The number of carbonyl (C=O) groups is 1. The number of para-hydroxylation sites is 1. The van der Waals surface area contributed by atoms with Crippen LogP contribution in [0.4, 0.5) is 0 Å². The van der Waals surface area contributed by atoms with E-state index in [1.54, 1.807) is 0 Å². The molecule has 26 heavy (non-hydrogen) atoms. The predicted octanol–water partition coefficient (Wildman–Crippen LogP) is 3.53. The number of amides is 1. The lowest BCUT2D eigenvalue weighted by atomic mass is 10.0.